The summed E-state index contributed by atoms with van der Waals surface area (Å²) in [7, 11) is 1.61. The number of methoxy groups -OCH3 is 1. The lowest BCUT2D eigenvalue weighted by Gasteiger charge is -2.32. The van der Waals surface area contributed by atoms with Crippen molar-refractivity contribution >= 4 is 11.9 Å². The number of amides is 1. The summed E-state index contributed by atoms with van der Waals surface area (Å²) in [5.41, 5.74) is 0.389. The molecule has 1 atom stereocenters. The lowest BCUT2D eigenvalue weighted by atomic mass is 9.88. The zero-order valence-electron chi connectivity index (χ0n) is 14.4. The second-order valence-corrected chi connectivity index (χ2v) is 5.98. The molecule has 1 rings (SSSR count). The van der Waals surface area contributed by atoms with E-state index in [9.17, 15) is 9.59 Å². The first-order valence-corrected chi connectivity index (χ1v) is 8.02. The van der Waals surface area contributed by atoms with Crippen LogP contribution in [-0.2, 0) is 9.59 Å². The number of aliphatic carboxylic acids is 1. The van der Waals surface area contributed by atoms with E-state index in [-0.39, 0.29) is 18.2 Å². The summed E-state index contributed by atoms with van der Waals surface area (Å²) in [6.45, 7) is 5.79. The van der Waals surface area contributed by atoms with E-state index in [0.717, 1.165) is 11.3 Å². The van der Waals surface area contributed by atoms with Gasteiger partial charge in [0, 0.05) is 12.0 Å². The number of carbonyl (C=O) groups excluding carboxylic acids is 1. The molecule has 128 valence electrons. The number of hydrogen-bond donors (Lipinski definition) is 2. The maximum absolute atomic E-state index is 12.3. The predicted molar refractivity (Wildman–Crippen MR) is 89.7 cm³/mol. The molecule has 0 aliphatic rings. The molecular formula is C18H27NO4. The minimum atomic E-state index is -0.891. The van der Waals surface area contributed by atoms with Crippen LogP contribution in [-0.4, -0.2) is 29.6 Å². The minimum Gasteiger partial charge on any atom is -0.497 e. The van der Waals surface area contributed by atoms with Gasteiger partial charge in [0.25, 0.3) is 0 Å². The Labute approximate surface area is 138 Å². The van der Waals surface area contributed by atoms with Gasteiger partial charge in [0.1, 0.15) is 5.75 Å². The summed E-state index contributed by atoms with van der Waals surface area (Å²) in [6.07, 6.45) is 1.47. The Morgan fingerprint density at radius 1 is 1.22 bits per heavy atom. The van der Waals surface area contributed by atoms with Crippen molar-refractivity contribution in [2.45, 2.75) is 57.9 Å². The van der Waals surface area contributed by atoms with Crippen LogP contribution in [0, 0.1) is 0 Å². The van der Waals surface area contributed by atoms with Gasteiger partial charge in [-0.1, -0.05) is 32.9 Å². The van der Waals surface area contributed by atoms with Crippen molar-refractivity contribution in [3.63, 3.8) is 0 Å². The topological polar surface area (TPSA) is 75.6 Å². The molecule has 5 nitrogen and oxygen atoms in total. The summed E-state index contributed by atoms with van der Waals surface area (Å²) in [6, 6.07) is 7.63. The third kappa shape index (κ3) is 5.58. The molecular weight excluding hydrogens is 294 g/mol. The maximum Gasteiger partial charge on any atom is 0.305 e. The van der Waals surface area contributed by atoms with Crippen molar-refractivity contribution < 1.29 is 19.4 Å². The summed E-state index contributed by atoms with van der Waals surface area (Å²) in [4.78, 5) is 23.4. The number of nitrogens with one attached hydrogen (secondary N) is 1. The predicted octanol–water partition coefficient (Wildman–Crippen LogP) is 3.34. The number of benzene rings is 1. The smallest absolute Gasteiger partial charge is 0.305 e. The van der Waals surface area contributed by atoms with Gasteiger partial charge in [0.05, 0.1) is 13.5 Å². The summed E-state index contributed by atoms with van der Waals surface area (Å²) < 4.78 is 5.13. The van der Waals surface area contributed by atoms with Crippen LogP contribution in [0.2, 0.25) is 0 Å². The number of ether oxygens (including phenoxy) is 1. The second kappa shape index (κ2) is 8.56. The fourth-order valence-electron chi connectivity index (χ4n) is 2.69. The number of rotatable bonds is 9. The van der Waals surface area contributed by atoms with Gasteiger partial charge in [-0.2, -0.15) is 0 Å². The Balaban J connectivity index is 2.70. The first-order chi connectivity index (χ1) is 10.9. The third-order valence-corrected chi connectivity index (χ3v) is 4.42. The van der Waals surface area contributed by atoms with Gasteiger partial charge >= 0.3 is 5.97 Å². The van der Waals surface area contributed by atoms with E-state index in [1.807, 2.05) is 45.0 Å². The molecule has 1 aromatic rings. The molecule has 0 heterocycles. The van der Waals surface area contributed by atoms with Gasteiger partial charge in [-0.25, -0.2) is 0 Å². The maximum atomic E-state index is 12.3. The van der Waals surface area contributed by atoms with E-state index < -0.39 is 11.5 Å². The number of hydrogen-bond acceptors (Lipinski definition) is 3. The molecule has 1 amide bonds. The fraction of sp³-hybridized carbons (Fsp3) is 0.556. The molecule has 0 aromatic heterocycles. The third-order valence-electron chi connectivity index (χ3n) is 4.42. The fourth-order valence-corrected chi connectivity index (χ4v) is 2.69. The molecule has 23 heavy (non-hydrogen) atoms. The van der Waals surface area contributed by atoms with Crippen LogP contribution in [0.5, 0.6) is 5.75 Å². The average molecular weight is 321 g/mol. The van der Waals surface area contributed by atoms with Crippen molar-refractivity contribution in [3.8, 4) is 5.75 Å². The lowest BCUT2D eigenvalue weighted by molar-refractivity contribution is -0.139. The highest BCUT2D eigenvalue weighted by molar-refractivity contribution is 5.79. The SMILES string of the molecule is CCC(CC)(CC(=O)O)NC(=O)CC(C)c1ccc(OC)cc1. The molecule has 0 radical (unpaired) electrons. The molecule has 0 spiro atoms. The first-order valence-electron chi connectivity index (χ1n) is 8.02. The molecule has 0 saturated carbocycles. The number of carboxylic acid groups (broad SMARTS) is 1. The van der Waals surface area contributed by atoms with E-state index in [2.05, 4.69) is 5.32 Å². The van der Waals surface area contributed by atoms with Gasteiger partial charge in [0.15, 0.2) is 0 Å². The first kappa shape index (κ1) is 19.0. The molecule has 1 unspecified atom stereocenters. The monoisotopic (exact) mass is 321 g/mol. The quantitative estimate of drug-likeness (QED) is 0.731. The van der Waals surface area contributed by atoms with Crippen molar-refractivity contribution in [2.75, 3.05) is 7.11 Å². The average Bonchev–Trinajstić information content (AvgIpc) is 2.53. The van der Waals surface area contributed by atoms with Crippen molar-refractivity contribution in [2.24, 2.45) is 0 Å². The van der Waals surface area contributed by atoms with Crippen molar-refractivity contribution in [3.05, 3.63) is 29.8 Å². The van der Waals surface area contributed by atoms with Gasteiger partial charge in [-0.3, -0.25) is 9.59 Å². The summed E-state index contributed by atoms with van der Waals surface area (Å²) >= 11 is 0. The molecule has 0 fully saturated rings. The number of carboxylic acids is 1. The Hall–Kier alpha value is -2.04. The van der Waals surface area contributed by atoms with E-state index >= 15 is 0 Å². The molecule has 0 aliphatic heterocycles. The normalized spacial score (nSPS) is 12.5. The molecule has 0 bridgehead atoms. The molecule has 5 heteroatoms. The van der Waals surface area contributed by atoms with Crippen LogP contribution in [0.4, 0.5) is 0 Å². The van der Waals surface area contributed by atoms with Crippen molar-refractivity contribution in [1.29, 1.82) is 0 Å². The highest BCUT2D eigenvalue weighted by Gasteiger charge is 2.31. The Morgan fingerprint density at radius 2 is 1.78 bits per heavy atom. The minimum absolute atomic E-state index is 0.0529. The van der Waals surface area contributed by atoms with Crippen LogP contribution in [0.3, 0.4) is 0 Å². The Bertz CT molecular complexity index is 520. The van der Waals surface area contributed by atoms with Gasteiger partial charge in [-0.15, -0.1) is 0 Å². The molecule has 1 aromatic carbocycles. The van der Waals surface area contributed by atoms with Crippen LogP contribution in [0.15, 0.2) is 24.3 Å². The van der Waals surface area contributed by atoms with E-state index in [1.165, 1.54) is 0 Å². The Morgan fingerprint density at radius 3 is 2.22 bits per heavy atom. The summed E-state index contributed by atoms with van der Waals surface area (Å²) in [5.74, 6) is -0.171. The van der Waals surface area contributed by atoms with Crippen LogP contribution < -0.4 is 10.1 Å². The summed E-state index contributed by atoms with van der Waals surface area (Å²) in [5, 5.41) is 12.0. The highest BCUT2D eigenvalue weighted by atomic mass is 16.5. The van der Waals surface area contributed by atoms with Crippen LogP contribution in [0.1, 0.15) is 57.9 Å². The lowest BCUT2D eigenvalue weighted by Crippen LogP contribution is -2.49. The van der Waals surface area contributed by atoms with E-state index in [1.54, 1.807) is 7.11 Å². The zero-order valence-corrected chi connectivity index (χ0v) is 14.4. The van der Waals surface area contributed by atoms with Crippen LogP contribution >= 0.6 is 0 Å². The van der Waals surface area contributed by atoms with Gasteiger partial charge < -0.3 is 15.2 Å². The largest absolute Gasteiger partial charge is 0.497 e. The second-order valence-electron chi connectivity index (χ2n) is 5.98. The van der Waals surface area contributed by atoms with E-state index in [4.69, 9.17) is 9.84 Å². The molecule has 0 saturated heterocycles. The van der Waals surface area contributed by atoms with Gasteiger partial charge in [0.2, 0.25) is 5.91 Å². The molecule has 0 aliphatic carbocycles. The number of carbonyl (C=O) groups is 2. The van der Waals surface area contributed by atoms with Crippen LogP contribution in [0.25, 0.3) is 0 Å². The standard InChI is InChI=1S/C18H27NO4/c1-5-18(6-2,12-17(21)22)19-16(20)11-13(3)14-7-9-15(23-4)10-8-14/h7-10,13H,5-6,11-12H2,1-4H3,(H,19,20)(H,21,22). The van der Waals surface area contributed by atoms with Gasteiger partial charge in [-0.05, 0) is 36.5 Å². The zero-order chi connectivity index (χ0) is 17.5. The van der Waals surface area contributed by atoms with E-state index in [0.29, 0.717) is 19.3 Å². The highest BCUT2D eigenvalue weighted by Crippen LogP contribution is 2.24. The Kier molecular flexibility index (Phi) is 7.07. The van der Waals surface area contributed by atoms with Crippen molar-refractivity contribution in [1.82, 2.24) is 5.32 Å². The molecule has 2 N–H and O–H groups in total.